The fourth-order valence-electron chi connectivity index (χ4n) is 1.11. The van der Waals surface area contributed by atoms with E-state index in [1.165, 1.54) is 13.3 Å². The number of carbonyl (C=O) groups excluding carboxylic acids is 1. The van der Waals surface area contributed by atoms with Gasteiger partial charge in [-0.2, -0.15) is 0 Å². The van der Waals surface area contributed by atoms with Gasteiger partial charge in [-0.1, -0.05) is 0 Å². The molecule has 5 heteroatoms. The fourth-order valence-corrected chi connectivity index (χ4v) is 1.11. The molecule has 0 N–H and O–H groups in total. The Bertz CT molecular complexity index is 416. The molecule has 0 radical (unpaired) electrons. The van der Waals surface area contributed by atoms with Gasteiger partial charge in [-0.25, -0.2) is 9.78 Å². The topological polar surface area (TPSA) is 51.7 Å². The summed E-state index contributed by atoms with van der Waals surface area (Å²) in [6.07, 6.45) is 1.53. The maximum absolute atomic E-state index is 11.4. The van der Waals surface area contributed by atoms with Gasteiger partial charge in [0.1, 0.15) is 6.61 Å². The van der Waals surface area contributed by atoms with Crippen molar-refractivity contribution in [2.75, 3.05) is 27.8 Å². The van der Waals surface area contributed by atoms with Gasteiger partial charge in [0.2, 0.25) is 5.88 Å². The molecule has 0 saturated carbocycles. The first kappa shape index (κ1) is 14.4. The molecule has 5 nitrogen and oxygen atoms in total. The molecule has 0 aliphatic rings. The first-order chi connectivity index (χ1) is 8.36. The number of ether oxygens (including phenoxy) is 2. The zero-order valence-corrected chi connectivity index (χ0v) is 11.6. The molecule has 1 aromatic heterocycles. The van der Waals surface area contributed by atoms with Crippen LogP contribution < -0.4 is 4.74 Å². The third-order valence-corrected chi connectivity index (χ3v) is 2.94. The summed E-state index contributed by atoms with van der Waals surface area (Å²) in [5.41, 5.74) is 0.327. The van der Waals surface area contributed by atoms with Crippen molar-refractivity contribution < 1.29 is 14.3 Å². The van der Waals surface area contributed by atoms with E-state index in [9.17, 15) is 4.79 Å². The summed E-state index contributed by atoms with van der Waals surface area (Å²) in [4.78, 5) is 17.5. The van der Waals surface area contributed by atoms with E-state index < -0.39 is 5.97 Å². The first-order valence-corrected chi connectivity index (χ1v) is 5.71. The summed E-state index contributed by atoms with van der Waals surface area (Å²) in [5, 5.41) is 0. The molecule has 0 atom stereocenters. The molecule has 0 aliphatic carbocycles. The highest BCUT2D eigenvalue weighted by Gasteiger charge is 2.21. The van der Waals surface area contributed by atoms with Crippen molar-refractivity contribution in [3.63, 3.8) is 0 Å². The van der Waals surface area contributed by atoms with Crippen LogP contribution in [0.15, 0.2) is 18.3 Å². The summed E-state index contributed by atoms with van der Waals surface area (Å²) in [6.45, 7) is 4.62. The predicted octanol–water partition coefficient (Wildman–Crippen LogP) is 1.59. The second kappa shape index (κ2) is 5.82. The van der Waals surface area contributed by atoms with Crippen LogP contribution in [0.2, 0.25) is 0 Å². The fraction of sp³-hybridized carbons (Fsp3) is 0.538. The minimum atomic E-state index is -0.394. The van der Waals surface area contributed by atoms with Crippen LogP contribution >= 0.6 is 0 Å². The Balaban J connectivity index is 2.72. The number of aromatic nitrogens is 1. The lowest BCUT2D eigenvalue weighted by atomic mass is 10.1. The van der Waals surface area contributed by atoms with Crippen LogP contribution in [0.1, 0.15) is 24.2 Å². The zero-order chi connectivity index (χ0) is 13.8. The number of esters is 1. The van der Waals surface area contributed by atoms with E-state index in [1.54, 1.807) is 12.1 Å². The van der Waals surface area contributed by atoms with E-state index in [0.29, 0.717) is 18.1 Å². The largest absolute Gasteiger partial charge is 0.476 e. The number of hydrogen-bond acceptors (Lipinski definition) is 5. The molecule has 0 bridgehead atoms. The second-order valence-electron chi connectivity index (χ2n) is 4.87. The Morgan fingerprint density at radius 1 is 1.44 bits per heavy atom. The van der Waals surface area contributed by atoms with E-state index in [2.05, 4.69) is 28.5 Å². The molecular weight excluding hydrogens is 232 g/mol. The minimum absolute atomic E-state index is 0.108. The molecular formula is C13H20N2O3. The van der Waals surface area contributed by atoms with Gasteiger partial charge in [0.25, 0.3) is 0 Å². The molecule has 0 saturated heterocycles. The van der Waals surface area contributed by atoms with Gasteiger partial charge >= 0.3 is 5.97 Å². The number of nitrogens with zero attached hydrogens (tertiary/aromatic N) is 2. The highest BCUT2D eigenvalue weighted by molar-refractivity contribution is 5.89. The van der Waals surface area contributed by atoms with Gasteiger partial charge in [-0.15, -0.1) is 0 Å². The third-order valence-electron chi connectivity index (χ3n) is 2.94. The maximum atomic E-state index is 11.4. The van der Waals surface area contributed by atoms with Crippen LogP contribution in [0.4, 0.5) is 0 Å². The van der Waals surface area contributed by atoms with Crippen molar-refractivity contribution in [1.29, 1.82) is 0 Å². The lowest BCUT2D eigenvalue weighted by Crippen LogP contribution is -2.43. The van der Waals surface area contributed by atoms with E-state index in [-0.39, 0.29) is 5.54 Å². The summed E-state index contributed by atoms with van der Waals surface area (Å²) in [6, 6.07) is 3.17. The van der Waals surface area contributed by atoms with Crippen molar-refractivity contribution in [1.82, 2.24) is 9.88 Å². The average Bonchev–Trinajstić information content (AvgIpc) is 2.35. The van der Waals surface area contributed by atoms with E-state index in [4.69, 9.17) is 4.74 Å². The van der Waals surface area contributed by atoms with Gasteiger partial charge < -0.3 is 14.4 Å². The molecule has 0 amide bonds. The average molecular weight is 252 g/mol. The Labute approximate surface area is 108 Å². The van der Waals surface area contributed by atoms with Gasteiger partial charge in [-0.3, -0.25) is 0 Å². The van der Waals surface area contributed by atoms with Crippen LogP contribution in [0, 0.1) is 0 Å². The van der Waals surface area contributed by atoms with Gasteiger partial charge in [-0.05, 0) is 34.0 Å². The lowest BCUT2D eigenvalue weighted by Gasteiger charge is -2.31. The van der Waals surface area contributed by atoms with Crippen molar-refractivity contribution in [3.05, 3.63) is 23.9 Å². The highest BCUT2D eigenvalue weighted by atomic mass is 16.5. The first-order valence-electron chi connectivity index (χ1n) is 5.71. The summed E-state index contributed by atoms with van der Waals surface area (Å²) in [5.74, 6) is 0.0296. The van der Waals surface area contributed by atoms with Gasteiger partial charge in [0.15, 0.2) is 0 Å². The summed E-state index contributed by atoms with van der Waals surface area (Å²) in [7, 11) is 5.32. The van der Waals surface area contributed by atoms with Crippen LogP contribution in [0.3, 0.4) is 0 Å². The number of pyridine rings is 1. The number of likely N-dealkylation sites (N-methyl/N-ethyl adjacent to an activating group) is 1. The van der Waals surface area contributed by atoms with Crippen molar-refractivity contribution >= 4 is 5.97 Å². The third kappa shape index (κ3) is 3.70. The molecule has 0 spiro atoms. The molecule has 1 rings (SSSR count). The second-order valence-corrected chi connectivity index (χ2v) is 4.87. The van der Waals surface area contributed by atoms with Gasteiger partial charge in [0.05, 0.1) is 12.7 Å². The molecule has 1 heterocycles. The smallest absolute Gasteiger partial charge is 0.338 e. The Morgan fingerprint density at radius 2 is 2.11 bits per heavy atom. The molecule has 1 aromatic rings. The molecule has 18 heavy (non-hydrogen) atoms. The Hall–Kier alpha value is -1.62. The van der Waals surface area contributed by atoms with Crippen LogP contribution in [0.25, 0.3) is 0 Å². The lowest BCUT2D eigenvalue weighted by molar-refractivity contribution is 0.0599. The zero-order valence-electron chi connectivity index (χ0n) is 11.6. The molecule has 0 unspecified atom stereocenters. The number of rotatable bonds is 5. The molecule has 0 aliphatic heterocycles. The Kier molecular flexibility index (Phi) is 4.67. The van der Waals surface area contributed by atoms with E-state index in [0.717, 1.165) is 0 Å². The summed E-state index contributed by atoms with van der Waals surface area (Å²) < 4.78 is 10.3. The van der Waals surface area contributed by atoms with Crippen LogP contribution in [-0.2, 0) is 4.74 Å². The molecule has 0 fully saturated rings. The van der Waals surface area contributed by atoms with E-state index >= 15 is 0 Å². The standard InChI is InChI=1S/C13H20N2O3/c1-13(2,15(3)4)9-18-11-8-10(6-7-14-11)12(16)17-5/h6-8H,9H2,1-5H3. The quantitative estimate of drug-likeness (QED) is 0.745. The number of hydrogen-bond donors (Lipinski definition) is 0. The SMILES string of the molecule is COC(=O)c1ccnc(OCC(C)(C)N(C)C)c1. The molecule has 0 aromatic carbocycles. The summed E-state index contributed by atoms with van der Waals surface area (Å²) >= 11 is 0. The van der Waals surface area contributed by atoms with Gasteiger partial charge in [0, 0.05) is 17.8 Å². The Morgan fingerprint density at radius 3 is 2.67 bits per heavy atom. The number of methoxy groups -OCH3 is 1. The van der Waals surface area contributed by atoms with Crippen molar-refractivity contribution in [2.45, 2.75) is 19.4 Å². The highest BCUT2D eigenvalue weighted by Crippen LogP contribution is 2.15. The molecule has 100 valence electrons. The predicted molar refractivity (Wildman–Crippen MR) is 68.8 cm³/mol. The van der Waals surface area contributed by atoms with Crippen molar-refractivity contribution in [3.8, 4) is 5.88 Å². The van der Waals surface area contributed by atoms with E-state index in [1.807, 2.05) is 14.1 Å². The number of carbonyl (C=O) groups is 1. The van der Waals surface area contributed by atoms with Crippen molar-refractivity contribution in [2.24, 2.45) is 0 Å². The monoisotopic (exact) mass is 252 g/mol. The maximum Gasteiger partial charge on any atom is 0.338 e. The normalized spacial score (nSPS) is 11.4. The van der Waals surface area contributed by atoms with Crippen LogP contribution in [0.5, 0.6) is 5.88 Å². The van der Waals surface area contributed by atoms with Crippen LogP contribution in [-0.4, -0.2) is 49.2 Å². The minimum Gasteiger partial charge on any atom is -0.476 e.